The van der Waals surface area contributed by atoms with Crippen LogP contribution in [0.25, 0.3) is 5.69 Å². The zero-order valence-corrected chi connectivity index (χ0v) is 10.8. The van der Waals surface area contributed by atoms with Crippen LogP contribution in [0, 0.1) is 0 Å². The van der Waals surface area contributed by atoms with Crippen molar-refractivity contribution >= 4 is 5.82 Å². The molecule has 3 nitrogen and oxygen atoms in total. The zero-order chi connectivity index (χ0) is 12.5. The van der Waals surface area contributed by atoms with Crippen molar-refractivity contribution < 1.29 is 0 Å². The first-order valence-corrected chi connectivity index (χ1v) is 6.74. The zero-order valence-electron chi connectivity index (χ0n) is 10.8. The van der Waals surface area contributed by atoms with Crippen molar-refractivity contribution in [2.24, 2.45) is 0 Å². The Labute approximate surface area is 108 Å². The van der Waals surface area contributed by atoms with Gasteiger partial charge in [-0.15, -0.1) is 0 Å². The van der Waals surface area contributed by atoms with E-state index in [-0.39, 0.29) is 0 Å². The molecule has 1 aliphatic rings. The van der Waals surface area contributed by atoms with Gasteiger partial charge in [0.2, 0.25) is 0 Å². The highest BCUT2D eigenvalue weighted by Gasteiger charge is 2.27. The summed E-state index contributed by atoms with van der Waals surface area (Å²) in [6.45, 7) is 2.16. The molecule has 94 valence electrons. The van der Waals surface area contributed by atoms with Gasteiger partial charge in [0, 0.05) is 11.5 Å². The Morgan fingerprint density at radius 1 is 1.28 bits per heavy atom. The molecule has 0 radical (unpaired) electrons. The molecule has 2 N–H and O–H groups in total. The molecule has 1 aromatic carbocycles. The van der Waals surface area contributed by atoms with Gasteiger partial charge in [0.15, 0.2) is 0 Å². The number of aromatic nitrogens is 2. The van der Waals surface area contributed by atoms with E-state index in [0.717, 1.165) is 17.9 Å². The fourth-order valence-corrected chi connectivity index (χ4v) is 2.62. The van der Waals surface area contributed by atoms with Crippen LogP contribution in [0.4, 0.5) is 5.82 Å². The predicted octanol–water partition coefficient (Wildman–Crippen LogP) is 3.28. The van der Waals surface area contributed by atoms with Gasteiger partial charge in [-0.25, -0.2) is 4.68 Å². The standard InChI is InChI=1S/C15H19N3/c1-2-13-14(11-7-6-8-11)17-18(15(13)16)12-9-4-3-5-10-12/h3-5,9-11H,2,6-8,16H2,1H3. The molecule has 1 fully saturated rings. The van der Waals surface area contributed by atoms with E-state index in [1.807, 2.05) is 35.0 Å². The Bertz CT molecular complexity index is 538. The van der Waals surface area contributed by atoms with E-state index < -0.39 is 0 Å². The summed E-state index contributed by atoms with van der Waals surface area (Å²) in [6.07, 6.45) is 4.81. The second-order valence-corrected chi connectivity index (χ2v) is 4.98. The Morgan fingerprint density at radius 2 is 2.00 bits per heavy atom. The first-order chi connectivity index (χ1) is 8.81. The molecule has 18 heavy (non-hydrogen) atoms. The maximum Gasteiger partial charge on any atom is 0.130 e. The van der Waals surface area contributed by atoms with Crippen molar-refractivity contribution in [2.45, 2.75) is 38.5 Å². The second-order valence-electron chi connectivity index (χ2n) is 4.98. The van der Waals surface area contributed by atoms with Gasteiger partial charge >= 0.3 is 0 Å². The van der Waals surface area contributed by atoms with Crippen molar-refractivity contribution in [1.82, 2.24) is 9.78 Å². The van der Waals surface area contributed by atoms with Gasteiger partial charge in [0.25, 0.3) is 0 Å². The quantitative estimate of drug-likeness (QED) is 0.896. The van der Waals surface area contributed by atoms with E-state index in [1.165, 1.54) is 30.5 Å². The first kappa shape index (κ1) is 11.3. The van der Waals surface area contributed by atoms with E-state index in [2.05, 4.69) is 6.92 Å². The molecular weight excluding hydrogens is 222 g/mol. The van der Waals surface area contributed by atoms with E-state index in [1.54, 1.807) is 0 Å². The normalized spacial score (nSPS) is 15.6. The van der Waals surface area contributed by atoms with Crippen LogP contribution >= 0.6 is 0 Å². The highest BCUT2D eigenvalue weighted by Crippen LogP contribution is 2.39. The van der Waals surface area contributed by atoms with Crippen molar-refractivity contribution in [2.75, 3.05) is 5.73 Å². The van der Waals surface area contributed by atoms with Crippen LogP contribution in [-0.4, -0.2) is 9.78 Å². The van der Waals surface area contributed by atoms with Gasteiger partial charge in [0.05, 0.1) is 11.4 Å². The van der Waals surface area contributed by atoms with Crippen LogP contribution in [0.2, 0.25) is 0 Å². The van der Waals surface area contributed by atoms with Crippen LogP contribution in [0.15, 0.2) is 30.3 Å². The second kappa shape index (κ2) is 4.48. The largest absolute Gasteiger partial charge is 0.383 e. The smallest absolute Gasteiger partial charge is 0.130 e. The van der Waals surface area contributed by atoms with E-state index in [0.29, 0.717) is 5.92 Å². The fourth-order valence-electron chi connectivity index (χ4n) is 2.62. The number of hydrogen-bond donors (Lipinski definition) is 1. The molecule has 0 spiro atoms. The number of nitrogens with zero attached hydrogens (tertiary/aromatic N) is 2. The summed E-state index contributed by atoms with van der Waals surface area (Å²) >= 11 is 0. The SMILES string of the molecule is CCc1c(C2CCC2)nn(-c2ccccc2)c1N. The minimum Gasteiger partial charge on any atom is -0.383 e. The Morgan fingerprint density at radius 3 is 2.56 bits per heavy atom. The third kappa shape index (κ3) is 1.70. The van der Waals surface area contributed by atoms with Crippen molar-refractivity contribution in [1.29, 1.82) is 0 Å². The molecule has 0 atom stereocenters. The van der Waals surface area contributed by atoms with Crippen LogP contribution in [-0.2, 0) is 6.42 Å². The third-order valence-corrected chi connectivity index (χ3v) is 3.90. The molecule has 1 heterocycles. The summed E-state index contributed by atoms with van der Waals surface area (Å²) < 4.78 is 1.90. The summed E-state index contributed by atoms with van der Waals surface area (Å²) in [5, 5.41) is 4.76. The summed E-state index contributed by atoms with van der Waals surface area (Å²) in [7, 11) is 0. The minimum atomic E-state index is 0.632. The van der Waals surface area contributed by atoms with E-state index in [9.17, 15) is 0 Å². The lowest BCUT2D eigenvalue weighted by molar-refractivity contribution is 0.407. The molecule has 1 aliphatic carbocycles. The molecule has 0 unspecified atom stereocenters. The maximum atomic E-state index is 6.26. The van der Waals surface area contributed by atoms with Crippen LogP contribution in [0.5, 0.6) is 0 Å². The molecule has 3 heteroatoms. The molecule has 0 aliphatic heterocycles. The molecule has 2 aromatic rings. The molecule has 0 saturated heterocycles. The molecule has 0 bridgehead atoms. The number of nitrogen functional groups attached to an aromatic ring is 1. The van der Waals surface area contributed by atoms with Gasteiger partial charge in [0.1, 0.15) is 5.82 Å². The average molecular weight is 241 g/mol. The van der Waals surface area contributed by atoms with E-state index >= 15 is 0 Å². The monoisotopic (exact) mass is 241 g/mol. The lowest BCUT2D eigenvalue weighted by atomic mass is 9.81. The molecule has 1 saturated carbocycles. The molecule has 1 aromatic heterocycles. The summed E-state index contributed by atoms with van der Waals surface area (Å²) in [4.78, 5) is 0. The van der Waals surface area contributed by atoms with Gasteiger partial charge in [-0.05, 0) is 31.4 Å². The first-order valence-electron chi connectivity index (χ1n) is 6.74. The van der Waals surface area contributed by atoms with Crippen LogP contribution in [0.1, 0.15) is 43.4 Å². The lowest BCUT2D eigenvalue weighted by Crippen LogP contribution is -2.11. The number of benzene rings is 1. The Balaban J connectivity index is 2.08. The van der Waals surface area contributed by atoms with Gasteiger partial charge in [-0.2, -0.15) is 5.10 Å². The Hall–Kier alpha value is -1.77. The van der Waals surface area contributed by atoms with Crippen molar-refractivity contribution in [3.8, 4) is 5.69 Å². The molecule has 3 rings (SSSR count). The summed E-state index contributed by atoms with van der Waals surface area (Å²) in [5.41, 5.74) is 9.78. The number of hydrogen-bond acceptors (Lipinski definition) is 2. The van der Waals surface area contributed by atoms with Crippen LogP contribution < -0.4 is 5.73 Å². The number of rotatable bonds is 3. The number of para-hydroxylation sites is 1. The summed E-state index contributed by atoms with van der Waals surface area (Å²) in [6, 6.07) is 10.1. The highest BCUT2D eigenvalue weighted by atomic mass is 15.3. The lowest BCUT2D eigenvalue weighted by Gasteiger charge is -2.24. The van der Waals surface area contributed by atoms with E-state index in [4.69, 9.17) is 10.8 Å². The van der Waals surface area contributed by atoms with Gasteiger partial charge in [-0.1, -0.05) is 31.5 Å². The average Bonchev–Trinajstić information content (AvgIpc) is 2.65. The molecular formula is C15H19N3. The number of nitrogens with two attached hydrogens (primary N) is 1. The topological polar surface area (TPSA) is 43.8 Å². The van der Waals surface area contributed by atoms with Crippen molar-refractivity contribution in [3.05, 3.63) is 41.6 Å². The van der Waals surface area contributed by atoms with Crippen LogP contribution in [0.3, 0.4) is 0 Å². The maximum absolute atomic E-state index is 6.26. The highest BCUT2D eigenvalue weighted by molar-refractivity contribution is 5.51. The fraction of sp³-hybridized carbons (Fsp3) is 0.400. The predicted molar refractivity (Wildman–Crippen MR) is 73.9 cm³/mol. The van der Waals surface area contributed by atoms with Gasteiger partial charge in [-0.3, -0.25) is 0 Å². The molecule has 0 amide bonds. The number of anilines is 1. The van der Waals surface area contributed by atoms with Crippen molar-refractivity contribution in [3.63, 3.8) is 0 Å². The minimum absolute atomic E-state index is 0.632. The van der Waals surface area contributed by atoms with Gasteiger partial charge < -0.3 is 5.73 Å². The third-order valence-electron chi connectivity index (χ3n) is 3.90. The Kier molecular flexibility index (Phi) is 2.82. The summed E-state index contributed by atoms with van der Waals surface area (Å²) in [5.74, 6) is 1.44.